The molecular weight excluding hydrogens is 508 g/mol. The lowest BCUT2D eigenvalue weighted by Crippen LogP contribution is -2.26. The first kappa shape index (κ1) is 26.3. The summed E-state index contributed by atoms with van der Waals surface area (Å²) in [5, 5.41) is 0. The molecule has 12 heteroatoms. The number of aromatic nitrogens is 1. The van der Waals surface area contributed by atoms with Gasteiger partial charge in [-0.15, -0.1) is 0 Å². The summed E-state index contributed by atoms with van der Waals surface area (Å²) in [4.78, 5) is 19.0. The van der Waals surface area contributed by atoms with Crippen LogP contribution in [0.4, 0.5) is 25.8 Å². The van der Waals surface area contributed by atoms with Crippen LogP contribution in [0.1, 0.15) is 30.1 Å². The number of nitrogens with zero attached hydrogens (tertiary/aromatic N) is 2. The zero-order valence-corrected chi connectivity index (χ0v) is 20.7. The topological polar surface area (TPSA) is 107 Å². The first-order valence-corrected chi connectivity index (χ1v) is 13.1. The Bertz CT molecular complexity index is 1340. The normalized spacial score (nSPS) is 15.4. The molecule has 0 spiro atoms. The number of amides is 1. The smallest absolute Gasteiger partial charge is 0.387 e. The second kappa shape index (κ2) is 11.5. The summed E-state index contributed by atoms with van der Waals surface area (Å²) >= 11 is 0. The summed E-state index contributed by atoms with van der Waals surface area (Å²) in [5.74, 6) is -0.872. The highest BCUT2D eigenvalue weighted by Gasteiger charge is 2.25. The van der Waals surface area contributed by atoms with E-state index >= 15 is 0 Å². The third kappa shape index (κ3) is 6.71. The van der Waals surface area contributed by atoms with Crippen LogP contribution in [0.25, 0.3) is 0 Å². The molecule has 1 unspecified atom stereocenters. The first-order valence-electron chi connectivity index (χ1n) is 11.5. The average molecular weight is 534 g/mol. The average Bonchev–Trinajstić information content (AvgIpc) is 3.39. The highest BCUT2D eigenvalue weighted by atomic mass is 32.2. The van der Waals surface area contributed by atoms with Crippen LogP contribution in [0.3, 0.4) is 0 Å². The monoisotopic (exact) mass is 533 g/mol. The van der Waals surface area contributed by atoms with Crippen LogP contribution in [-0.2, 0) is 14.8 Å². The van der Waals surface area contributed by atoms with Crippen molar-refractivity contribution in [2.24, 2.45) is 0 Å². The quantitative estimate of drug-likeness (QED) is 0.393. The predicted molar refractivity (Wildman–Crippen MR) is 133 cm³/mol. The molecule has 1 aromatic heterocycles. The fourth-order valence-corrected chi connectivity index (χ4v) is 4.30. The minimum Gasteiger partial charge on any atom is -0.461 e. The van der Waals surface area contributed by atoms with Gasteiger partial charge in [-0.3, -0.25) is 19.4 Å². The van der Waals surface area contributed by atoms with Crippen LogP contribution in [0.5, 0.6) is 11.5 Å². The molecule has 0 aliphatic carbocycles. The molecule has 1 aliphatic rings. The molecular formula is C25H25F2N3O6S. The Morgan fingerprint density at radius 3 is 2.65 bits per heavy atom. The van der Waals surface area contributed by atoms with Crippen molar-refractivity contribution >= 4 is 33.0 Å². The number of anilines is 3. The number of carbonyl (C=O) groups excluding carboxylic acids is 1. The van der Waals surface area contributed by atoms with Crippen molar-refractivity contribution in [3.05, 3.63) is 72.6 Å². The van der Waals surface area contributed by atoms with Gasteiger partial charge in [0.2, 0.25) is 10.0 Å². The highest BCUT2D eigenvalue weighted by molar-refractivity contribution is 7.92. The van der Waals surface area contributed by atoms with E-state index < -0.39 is 28.8 Å². The van der Waals surface area contributed by atoms with Crippen LogP contribution >= 0.6 is 0 Å². The van der Waals surface area contributed by atoms with Crippen molar-refractivity contribution < 1.29 is 36.2 Å². The molecule has 2 heterocycles. The predicted octanol–water partition coefficient (Wildman–Crippen LogP) is 4.94. The molecule has 1 amide bonds. The van der Waals surface area contributed by atoms with Crippen LogP contribution in [0, 0.1) is 0 Å². The molecule has 2 aromatic carbocycles. The van der Waals surface area contributed by atoms with Crippen LogP contribution < -0.4 is 19.1 Å². The lowest BCUT2D eigenvalue weighted by molar-refractivity contribution is -0.0632. The second-order valence-electron chi connectivity index (χ2n) is 8.01. The number of carbonyl (C=O) groups is 1. The van der Waals surface area contributed by atoms with E-state index in [-0.39, 0.29) is 34.2 Å². The number of alkyl halides is 2. The Labute approximate surface area is 213 Å². The van der Waals surface area contributed by atoms with E-state index in [9.17, 15) is 22.0 Å². The third-order valence-corrected chi connectivity index (χ3v) is 6.72. The summed E-state index contributed by atoms with van der Waals surface area (Å²) in [6.45, 7) is -1.11. The summed E-state index contributed by atoms with van der Waals surface area (Å²) in [6.07, 6.45) is 3.57. The zero-order valence-electron chi connectivity index (χ0n) is 19.8. The largest absolute Gasteiger partial charge is 0.461 e. The van der Waals surface area contributed by atoms with Gasteiger partial charge >= 0.3 is 6.61 Å². The summed E-state index contributed by atoms with van der Waals surface area (Å²) < 4.78 is 68.7. The molecule has 3 aromatic rings. The molecule has 0 saturated carbocycles. The molecule has 1 N–H and O–H groups in total. The number of benzene rings is 2. The van der Waals surface area contributed by atoms with Crippen LogP contribution in [0.15, 0.2) is 67.0 Å². The van der Waals surface area contributed by atoms with Gasteiger partial charge in [-0.2, -0.15) is 8.78 Å². The molecule has 0 radical (unpaired) electrons. The Kier molecular flexibility index (Phi) is 8.19. The fraction of sp³-hybridized carbons (Fsp3) is 0.280. The van der Waals surface area contributed by atoms with Crippen LogP contribution in [-0.4, -0.2) is 44.6 Å². The van der Waals surface area contributed by atoms with Gasteiger partial charge in [-0.25, -0.2) is 8.42 Å². The van der Waals surface area contributed by atoms with E-state index in [0.29, 0.717) is 18.7 Å². The molecule has 1 atom stereocenters. The Morgan fingerprint density at radius 2 is 1.97 bits per heavy atom. The van der Waals surface area contributed by atoms with E-state index in [2.05, 4.69) is 14.4 Å². The SMILES string of the molecule is CCS(=O)(=O)Nc1cccc(N(C(=O)c2cccnc2)c2ccc(OC(F)F)c(OC3CCCO3)c2)c1. The molecule has 1 fully saturated rings. The molecule has 9 nitrogen and oxygen atoms in total. The lowest BCUT2D eigenvalue weighted by Gasteiger charge is -2.25. The molecule has 0 bridgehead atoms. The fourth-order valence-electron chi connectivity index (χ4n) is 3.67. The maximum absolute atomic E-state index is 13.6. The van der Waals surface area contributed by atoms with Gasteiger partial charge in [0.1, 0.15) is 0 Å². The summed E-state index contributed by atoms with van der Waals surface area (Å²) in [5.41, 5.74) is 1.07. The summed E-state index contributed by atoms with van der Waals surface area (Å²) in [7, 11) is -3.57. The second-order valence-corrected chi connectivity index (χ2v) is 10.0. The standard InChI is InChI=1S/C25H25F2N3O6S/c1-2-37(32,33)29-18-7-3-8-19(14-18)30(24(31)17-6-4-12-28-16-17)20-10-11-21(36-25(26)27)22(15-20)35-23-9-5-13-34-23/h3-4,6-8,10-12,14-16,23,25,29H,2,5,9,13H2,1H3. The van der Waals surface area contributed by atoms with Crippen molar-refractivity contribution in [2.45, 2.75) is 32.7 Å². The van der Waals surface area contributed by atoms with E-state index in [1.54, 1.807) is 30.3 Å². The Balaban J connectivity index is 1.79. The van der Waals surface area contributed by atoms with Gasteiger partial charge in [0, 0.05) is 24.9 Å². The number of halogens is 2. The van der Waals surface area contributed by atoms with Gasteiger partial charge in [0.25, 0.3) is 5.91 Å². The number of rotatable bonds is 10. The molecule has 4 rings (SSSR count). The minimum absolute atomic E-state index is 0.0310. The van der Waals surface area contributed by atoms with E-state index in [0.717, 1.165) is 6.42 Å². The third-order valence-electron chi connectivity index (χ3n) is 5.42. The number of sulfonamides is 1. The van der Waals surface area contributed by atoms with Gasteiger partial charge in [0.05, 0.1) is 35.0 Å². The van der Waals surface area contributed by atoms with Crippen molar-refractivity contribution in [3.8, 4) is 11.5 Å². The first-order chi connectivity index (χ1) is 17.8. The van der Waals surface area contributed by atoms with Crippen LogP contribution in [0.2, 0.25) is 0 Å². The maximum atomic E-state index is 13.6. The molecule has 196 valence electrons. The maximum Gasteiger partial charge on any atom is 0.387 e. The van der Waals surface area contributed by atoms with Gasteiger partial charge in [-0.05, 0) is 55.8 Å². The van der Waals surface area contributed by atoms with Gasteiger partial charge < -0.3 is 14.2 Å². The molecule has 37 heavy (non-hydrogen) atoms. The van der Waals surface area contributed by atoms with E-state index in [1.165, 1.54) is 48.5 Å². The van der Waals surface area contributed by atoms with Crippen molar-refractivity contribution in [3.63, 3.8) is 0 Å². The molecule has 1 aliphatic heterocycles. The lowest BCUT2D eigenvalue weighted by atomic mass is 10.1. The number of ether oxygens (including phenoxy) is 3. The van der Waals surface area contributed by atoms with Gasteiger partial charge in [-0.1, -0.05) is 6.07 Å². The molecule has 1 saturated heterocycles. The number of pyridine rings is 1. The van der Waals surface area contributed by atoms with Crippen molar-refractivity contribution in [1.29, 1.82) is 0 Å². The van der Waals surface area contributed by atoms with Crippen molar-refractivity contribution in [2.75, 3.05) is 22.0 Å². The van der Waals surface area contributed by atoms with E-state index in [1.807, 2.05) is 0 Å². The highest BCUT2D eigenvalue weighted by Crippen LogP contribution is 2.38. The Morgan fingerprint density at radius 1 is 1.16 bits per heavy atom. The number of hydrogen-bond donors (Lipinski definition) is 1. The van der Waals surface area contributed by atoms with Crippen molar-refractivity contribution in [1.82, 2.24) is 4.98 Å². The van der Waals surface area contributed by atoms with E-state index in [4.69, 9.17) is 9.47 Å². The zero-order chi connectivity index (χ0) is 26.4. The minimum atomic E-state index is -3.57. The number of hydrogen-bond acceptors (Lipinski definition) is 7. The summed E-state index contributed by atoms with van der Waals surface area (Å²) in [6, 6.07) is 13.5. The van der Waals surface area contributed by atoms with Gasteiger partial charge in [0.15, 0.2) is 17.8 Å². The Hall–Kier alpha value is -3.77. The number of nitrogens with one attached hydrogen (secondary N) is 1.